The van der Waals surface area contributed by atoms with Crippen molar-refractivity contribution in [2.75, 3.05) is 17.7 Å². The molecule has 162 valence electrons. The molecule has 1 saturated carbocycles. The number of anilines is 1. The molecular formula is C19H25N5O4S2. The van der Waals surface area contributed by atoms with Gasteiger partial charge in [0.2, 0.25) is 5.91 Å². The Balaban J connectivity index is 1.73. The molecule has 1 aliphatic rings. The molecule has 30 heavy (non-hydrogen) atoms. The topological polar surface area (TPSA) is 129 Å². The highest BCUT2D eigenvalue weighted by molar-refractivity contribution is 7.99. The Kier molecular flexibility index (Phi) is 7.14. The molecule has 0 saturated heterocycles. The van der Waals surface area contributed by atoms with Crippen LogP contribution in [0.4, 0.5) is 5.00 Å². The molecule has 0 unspecified atom stereocenters. The van der Waals surface area contributed by atoms with Gasteiger partial charge in [-0.05, 0) is 38.7 Å². The monoisotopic (exact) mass is 451 g/mol. The van der Waals surface area contributed by atoms with Gasteiger partial charge in [0, 0.05) is 12.5 Å². The van der Waals surface area contributed by atoms with Crippen LogP contribution in [0.3, 0.4) is 0 Å². The summed E-state index contributed by atoms with van der Waals surface area (Å²) in [6.45, 7) is 6.37. The average molecular weight is 452 g/mol. The maximum Gasteiger partial charge on any atom is 0.341 e. The predicted molar refractivity (Wildman–Crippen MR) is 115 cm³/mol. The molecule has 0 spiro atoms. The first-order chi connectivity index (χ1) is 14.4. The van der Waals surface area contributed by atoms with Crippen LogP contribution in [-0.2, 0) is 16.1 Å². The highest BCUT2D eigenvalue weighted by atomic mass is 32.2. The maximum atomic E-state index is 12.6. The van der Waals surface area contributed by atoms with E-state index in [2.05, 4.69) is 27.0 Å². The zero-order chi connectivity index (χ0) is 21.8. The Labute approximate surface area is 182 Å². The second-order valence-electron chi connectivity index (χ2n) is 6.95. The average Bonchev–Trinajstić information content (AvgIpc) is 3.37. The number of primary amides is 1. The lowest BCUT2D eigenvalue weighted by atomic mass is 10.1. The van der Waals surface area contributed by atoms with Crippen molar-refractivity contribution in [3.8, 4) is 0 Å². The number of nitrogens with zero attached hydrogens (tertiary/aromatic N) is 3. The van der Waals surface area contributed by atoms with Crippen LogP contribution in [-0.4, -0.2) is 44.9 Å². The largest absolute Gasteiger partial charge is 0.462 e. The molecule has 1 fully saturated rings. The van der Waals surface area contributed by atoms with Crippen LogP contribution in [0.5, 0.6) is 0 Å². The van der Waals surface area contributed by atoms with E-state index in [0.29, 0.717) is 16.6 Å². The van der Waals surface area contributed by atoms with Crippen LogP contribution in [0.2, 0.25) is 0 Å². The molecule has 1 aliphatic carbocycles. The van der Waals surface area contributed by atoms with E-state index in [1.54, 1.807) is 13.8 Å². The number of amides is 2. The normalized spacial score (nSPS) is 13.3. The van der Waals surface area contributed by atoms with Crippen molar-refractivity contribution in [1.82, 2.24) is 14.8 Å². The van der Waals surface area contributed by atoms with Crippen LogP contribution >= 0.6 is 23.1 Å². The number of nitrogens with two attached hydrogens (primary N) is 1. The van der Waals surface area contributed by atoms with Crippen molar-refractivity contribution in [2.24, 2.45) is 5.73 Å². The number of carbonyl (C=O) groups is 3. The van der Waals surface area contributed by atoms with Crippen LogP contribution < -0.4 is 11.1 Å². The van der Waals surface area contributed by atoms with Gasteiger partial charge in [-0.25, -0.2) is 4.79 Å². The lowest BCUT2D eigenvalue weighted by molar-refractivity contribution is -0.113. The Bertz CT molecular complexity index is 965. The summed E-state index contributed by atoms with van der Waals surface area (Å²) in [5.41, 5.74) is 5.97. The zero-order valence-electron chi connectivity index (χ0n) is 17.2. The van der Waals surface area contributed by atoms with Gasteiger partial charge in [0.15, 0.2) is 5.16 Å². The van der Waals surface area contributed by atoms with Crippen LogP contribution in [0.1, 0.15) is 70.4 Å². The first-order valence-electron chi connectivity index (χ1n) is 9.83. The van der Waals surface area contributed by atoms with Gasteiger partial charge in [-0.1, -0.05) is 18.7 Å². The molecular weight excluding hydrogens is 426 g/mol. The highest BCUT2D eigenvalue weighted by Gasteiger charge is 2.30. The van der Waals surface area contributed by atoms with Crippen molar-refractivity contribution >= 4 is 45.9 Å². The number of thioether (sulfide) groups is 1. The van der Waals surface area contributed by atoms with Crippen LogP contribution in [0, 0.1) is 6.92 Å². The molecule has 0 aromatic carbocycles. The summed E-state index contributed by atoms with van der Waals surface area (Å²) in [5, 5.41) is 12.2. The van der Waals surface area contributed by atoms with E-state index in [0.717, 1.165) is 43.0 Å². The number of ether oxygens (including phenoxy) is 1. The Hall–Kier alpha value is -2.40. The number of carbonyl (C=O) groups excluding carboxylic acids is 3. The lowest BCUT2D eigenvalue weighted by Crippen LogP contribution is -2.17. The predicted octanol–water partition coefficient (Wildman–Crippen LogP) is 2.94. The molecule has 3 N–H and O–H groups in total. The quantitative estimate of drug-likeness (QED) is 0.420. The second kappa shape index (κ2) is 9.61. The molecule has 11 heteroatoms. The Morgan fingerprint density at radius 3 is 2.63 bits per heavy atom. The molecule has 2 aromatic rings. The summed E-state index contributed by atoms with van der Waals surface area (Å²) >= 11 is 2.27. The van der Waals surface area contributed by atoms with E-state index in [4.69, 9.17) is 10.5 Å². The standard InChI is InChI=1S/C19H25N5O4S2/c1-4-8-24-16(11-6-7-11)22-23-19(24)29-9-12(25)21-17-13(18(27)28-5-2)10(3)14(30-17)15(20)26/h11H,4-9H2,1-3H3,(H2,20,26)(H,21,25). The van der Waals surface area contributed by atoms with Gasteiger partial charge in [-0.3, -0.25) is 9.59 Å². The Morgan fingerprint density at radius 1 is 1.30 bits per heavy atom. The zero-order valence-corrected chi connectivity index (χ0v) is 18.8. The minimum Gasteiger partial charge on any atom is -0.462 e. The summed E-state index contributed by atoms with van der Waals surface area (Å²) in [7, 11) is 0. The number of aromatic nitrogens is 3. The van der Waals surface area contributed by atoms with Gasteiger partial charge < -0.3 is 20.4 Å². The number of rotatable bonds is 10. The number of nitrogens with one attached hydrogen (secondary N) is 1. The van der Waals surface area contributed by atoms with Crippen molar-refractivity contribution in [2.45, 2.75) is 57.7 Å². The fourth-order valence-corrected chi connectivity index (χ4v) is 4.90. The van der Waals surface area contributed by atoms with E-state index in [1.807, 2.05) is 0 Å². The molecule has 0 radical (unpaired) electrons. The van der Waals surface area contributed by atoms with Crippen molar-refractivity contribution in [3.05, 3.63) is 21.8 Å². The summed E-state index contributed by atoms with van der Waals surface area (Å²) in [4.78, 5) is 36.8. The van der Waals surface area contributed by atoms with Crippen LogP contribution in [0.25, 0.3) is 0 Å². The summed E-state index contributed by atoms with van der Waals surface area (Å²) in [5.74, 6) is -0.0130. The molecule has 0 bridgehead atoms. The SMILES string of the molecule is CCCn1c(SCC(=O)Nc2sc(C(N)=O)c(C)c2C(=O)OCC)nnc1C1CC1. The minimum atomic E-state index is -0.654. The molecule has 9 nitrogen and oxygen atoms in total. The molecule has 0 aliphatic heterocycles. The third kappa shape index (κ3) is 4.84. The first kappa shape index (κ1) is 22.3. The first-order valence-corrected chi connectivity index (χ1v) is 11.6. The molecule has 2 heterocycles. The van der Waals surface area contributed by atoms with Crippen molar-refractivity contribution in [3.63, 3.8) is 0 Å². The van der Waals surface area contributed by atoms with Gasteiger partial charge >= 0.3 is 5.97 Å². The van der Waals surface area contributed by atoms with Crippen LogP contribution in [0.15, 0.2) is 5.16 Å². The number of hydrogen-bond donors (Lipinski definition) is 2. The third-order valence-electron chi connectivity index (χ3n) is 4.57. The molecule has 2 amide bonds. The van der Waals surface area contributed by atoms with Crippen molar-refractivity contribution in [1.29, 1.82) is 0 Å². The lowest BCUT2D eigenvalue weighted by Gasteiger charge is -2.09. The summed E-state index contributed by atoms with van der Waals surface area (Å²) in [6.07, 6.45) is 3.21. The smallest absolute Gasteiger partial charge is 0.341 e. The van der Waals surface area contributed by atoms with Gasteiger partial charge in [-0.2, -0.15) is 0 Å². The van der Waals surface area contributed by atoms with E-state index >= 15 is 0 Å². The van der Waals surface area contributed by atoms with E-state index < -0.39 is 11.9 Å². The number of hydrogen-bond acceptors (Lipinski definition) is 8. The van der Waals surface area contributed by atoms with Gasteiger partial charge in [0.1, 0.15) is 10.8 Å². The summed E-state index contributed by atoms with van der Waals surface area (Å²) < 4.78 is 7.15. The fourth-order valence-electron chi connectivity index (χ4n) is 3.06. The highest BCUT2D eigenvalue weighted by Crippen LogP contribution is 2.40. The minimum absolute atomic E-state index is 0.0949. The third-order valence-corrected chi connectivity index (χ3v) is 6.76. The van der Waals surface area contributed by atoms with E-state index in [1.165, 1.54) is 11.8 Å². The van der Waals surface area contributed by atoms with Gasteiger partial charge in [-0.15, -0.1) is 21.5 Å². The Morgan fingerprint density at radius 2 is 2.03 bits per heavy atom. The second-order valence-corrected chi connectivity index (χ2v) is 8.91. The maximum absolute atomic E-state index is 12.6. The van der Waals surface area contributed by atoms with E-state index in [9.17, 15) is 14.4 Å². The number of thiophene rings is 1. The molecule has 0 atom stereocenters. The van der Waals surface area contributed by atoms with E-state index in [-0.39, 0.29) is 33.7 Å². The molecule has 2 aromatic heterocycles. The molecule has 3 rings (SSSR count). The summed E-state index contributed by atoms with van der Waals surface area (Å²) in [6, 6.07) is 0. The van der Waals surface area contributed by atoms with Crippen molar-refractivity contribution < 1.29 is 19.1 Å². The van der Waals surface area contributed by atoms with Gasteiger partial charge in [0.25, 0.3) is 5.91 Å². The fraction of sp³-hybridized carbons (Fsp3) is 0.526. The number of esters is 1. The van der Waals surface area contributed by atoms with Gasteiger partial charge in [0.05, 0.1) is 22.8 Å².